The first kappa shape index (κ1) is 39.4. The predicted octanol–water partition coefficient (Wildman–Crippen LogP) is 3.19. The van der Waals surface area contributed by atoms with Crippen LogP contribution in [0.1, 0.15) is 71.5 Å². The molecular formula is C38H48FN7O6. The van der Waals surface area contributed by atoms with Crippen molar-refractivity contribution >= 4 is 46.9 Å². The molecule has 1 aromatic heterocycles. The molecule has 1 atom stereocenters. The molecule has 6 N–H and O–H groups in total. The van der Waals surface area contributed by atoms with Crippen LogP contribution in [0, 0.1) is 19.7 Å². The van der Waals surface area contributed by atoms with Crippen molar-refractivity contribution in [1.29, 1.82) is 0 Å². The highest BCUT2D eigenvalue weighted by atomic mass is 19.1. The van der Waals surface area contributed by atoms with Crippen molar-refractivity contribution in [1.82, 2.24) is 25.8 Å². The number of benzene rings is 2. The standard InChI is InChI=1S/C38H48FN7O6/c1-6-45(7-2)19-18-41-37(50)35-23(3)31(43-24(35)4)21-29-28-20-26(39)10-13-32(28)46(38(29)51)34(48)15-14-33(47)44-30(16-17-40)36(49)42-22-25-8-11-27(52-5)12-9-25/h8-13,20-21,30,43H,6-7,14-19,22,40H2,1-5H3,(H,41,50)(H,42,49)(H,44,47)/b29-21-. The molecule has 2 aromatic carbocycles. The van der Waals surface area contributed by atoms with Crippen molar-refractivity contribution in [3.05, 3.63) is 81.9 Å². The Bertz CT molecular complexity index is 1820. The van der Waals surface area contributed by atoms with Crippen LogP contribution in [0.4, 0.5) is 10.1 Å². The van der Waals surface area contributed by atoms with Crippen molar-refractivity contribution in [2.24, 2.45) is 5.73 Å². The molecule has 1 aliphatic heterocycles. The molecule has 0 fully saturated rings. The summed E-state index contributed by atoms with van der Waals surface area (Å²) >= 11 is 0. The quantitative estimate of drug-likeness (QED) is 0.132. The monoisotopic (exact) mass is 717 g/mol. The van der Waals surface area contributed by atoms with Crippen molar-refractivity contribution in [3.8, 4) is 5.75 Å². The maximum Gasteiger partial charge on any atom is 0.265 e. The number of hydrogen-bond acceptors (Lipinski definition) is 8. The Kier molecular flexibility index (Phi) is 13.8. The summed E-state index contributed by atoms with van der Waals surface area (Å²) in [6.07, 6.45) is 1.01. The predicted molar refractivity (Wildman–Crippen MR) is 197 cm³/mol. The Hall–Kier alpha value is -5.34. The summed E-state index contributed by atoms with van der Waals surface area (Å²) in [6.45, 7) is 10.9. The number of likely N-dealkylation sites (N-methyl/N-ethyl adjacent to an activating group) is 1. The van der Waals surface area contributed by atoms with Crippen LogP contribution in [-0.4, -0.2) is 85.3 Å². The summed E-state index contributed by atoms with van der Waals surface area (Å²) < 4.78 is 19.6. The number of nitrogens with zero attached hydrogens (tertiary/aromatic N) is 2. The largest absolute Gasteiger partial charge is 0.497 e. The van der Waals surface area contributed by atoms with Gasteiger partial charge in [0.05, 0.1) is 23.9 Å². The van der Waals surface area contributed by atoms with Gasteiger partial charge in [0.2, 0.25) is 17.7 Å². The second-order valence-corrected chi connectivity index (χ2v) is 12.5. The van der Waals surface area contributed by atoms with E-state index in [0.29, 0.717) is 41.4 Å². The van der Waals surface area contributed by atoms with Crippen LogP contribution in [0.5, 0.6) is 5.75 Å². The highest BCUT2D eigenvalue weighted by Gasteiger charge is 2.37. The van der Waals surface area contributed by atoms with E-state index < -0.39 is 35.5 Å². The average Bonchev–Trinajstić information content (AvgIpc) is 3.57. The third kappa shape index (κ3) is 9.50. The lowest BCUT2D eigenvalue weighted by Crippen LogP contribution is -2.47. The van der Waals surface area contributed by atoms with Gasteiger partial charge in [-0.05, 0) is 87.4 Å². The number of fused-ring (bicyclic) bond motifs is 1. The lowest BCUT2D eigenvalue weighted by atomic mass is 10.0. The number of aromatic amines is 1. The normalized spacial score (nSPS) is 13.7. The molecule has 1 aliphatic rings. The van der Waals surface area contributed by atoms with E-state index in [1.54, 1.807) is 45.2 Å². The van der Waals surface area contributed by atoms with Gasteiger partial charge in [-0.25, -0.2) is 9.29 Å². The van der Waals surface area contributed by atoms with Gasteiger partial charge in [-0.3, -0.25) is 24.0 Å². The van der Waals surface area contributed by atoms with Crippen LogP contribution in [0.3, 0.4) is 0 Å². The number of amides is 5. The minimum absolute atomic E-state index is 0.0571. The van der Waals surface area contributed by atoms with Gasteiger partial charge in [0.1, 0.15) is 17.6 Å². The first-order valence-electron chi connectivity index (χ1n) is 17.4. The van der Waals surface area contributed by atoms with Crippen molar-refractivity contribution in [2.45, 2.75) is 59.5 Å². The number of carbonyl (C=O) groups is 5. The molecule has 0 saturated carbocycles. The third-order valence-corrected chi connectivity index (χ3v) is 9.07. The van der Waals surface area contributed by atoms with Crippen LogP contribution in [-0.2, 0) is 25.7 Å². The molecule has 13 nitrogen and oxygen atoms in total. The molecule has 0 spiro atoms. The van der Waals surface area contributed by atoms with E-state index in [9.17, 15) is 28.4 Å². The molecular weight excluding hydrogens is 669 g/mol. The maximum atomic E-state index is 14.5. The first-order chi connectivity index (χ1) is 24.9. The van der Waals surface area contributed by atoms with Crippen LogP contribution in [0.2, 0.25) is 0 Å². The van der Waals surface area contributed by atoms with E-state index in [0.717, 1.165) is 29.6 Å². The van der Waals surface area contributed by atoms with Gasteiger partial charge < -0.3 is 36.3 Å². The number of ether oxygens (including phenoxy) is 1. The Morgan fingerprint density at radius 2 is 1.75 bits per heavy atom. The zero-order valence-electron chi connectivity index (χ0n) is 30.4. The Balaban J connectivity index is 1.44. The van der Waals surface area contributed by atoms with Crippen LogP contribution >= 0.6 is 0 Å². The van der Waals surface area contributed by atoms with Gasteiger partial charge >= 0.3 is 0 Å². The molecule has 4 rings (SSSR count). The fourth-order valence-electron chi connectivity index (χ4n) is 6.10. The molecule has 278 valence electrons. The van der Waals surface area contributed by atoms with Crippen LogP contribution < -0.4 is 31.3 Å². The van der Waals surface area contributed by atoms with E-state index in [-0.39, 0.29) is 55.1 Å². The van der Waals surface area contributed by atoms with Crippen LogP contribution in [0.25, 0.3) is 11.6 Å². The number of hydrogen-bond donors (Lipinski definition) is 5. The fraction of sp³-hybridized carbons (Fsp3) is 0.395. The number of aryl methyl sites for hydroxylation is 1. The third-order valence-electron chi connectivity index (χ3n) is 9.07. The topological polar surface area (TPSA) is 179 Å². The molecule has 2 heterocycles. The van der Waals surface area contributed by atoms with Gasteiger partial charge in [-0.2, -0.15) is 0 Å². The molecule has 5 amide bonds. The van der Waals surface area contributed by atoms with Gasteiger partial charge in [0.25, 0.3) is 11.8 Å². The van der Waals surface area contributed by atoms with E-state index in [1.807, 2.05) is 0 Å². The number of halogens is 1. The SMILES string of the molecule is CCN(CC)CCNC(=O)c1c(C)[nH]c(/C=C2\C(=O)N(C(=O)CCC(=O)NC(CCN)C(=O)NCc3ccc(OC)cc3)c3ccc(F)cc32)c1C. The Morgan fingerprint density at radius 1 is 1.04 bits per heavy atom. The number of anilines is 1. The van der Waals surface area contributed by atoms with Crippen LogP contribution in [0.15, 0.2) is 42.5 Å². The Labute approximate surface area is 303 Å². The first-order valence-corrected chi connectivity index (χ1v) is 17.4. The molecule has 14 heteroatoms. The summed E-state index contributed by atoms with van der Waals surface area (Å²) in [4.78, 5) is 72.5. The second kappa shape index (κ2) is 18.2. The number of H-pyrrole nitrogens is 1. The van der Waals surface area contributed by atoms with E-state index in [2.05, 4.69) is 39.7 Å². The van der Waals surface area contributed by atoms with Gasteiger partial charge in [-0.15, -0.1) is 0 Å². The summed E-state index contributed by atoms with van der Waals surface area (Å²) in [7, 11) is 1.56. The highest BCUT2D eigenvalue weighted by Crippen LogP contribution is 2.39. The minimum atomic E-state index is -0.931. The van der Waals surface area contributed by atoms with E-state index in [1.165, 1.54) is 18.2 Å². The number of aromatic nitrogens is 1. The van der Waals surface area contributed by atoms with Crippen molar-refractivity contribution in [3.63, 3.8) is 0 Å². The zero-order chi connectivity index (χ0) is 37.9. The molecule has 0 saturated heterocycles. The van der Waals surface area contributed by atoms with Gasteiger partial charge in [-0.1, -0.05) is 26.0 Å². The smallest absolute Gasteiger partial charge is 0.265 e. The molecule has 52 heavy (non-hydrogen) atoms. The van der Waals surface area contributed by atoms with Gasteiger partial charge in [0, 0.05) is 49.4 Å². The lowest BCUT2D eigenvalue weighted by Gasteiger charge is -2.19. The summed E-state index contributed by atoms with van der Waals surface area (Å²) in [6, 6.07) is 9.88. The minimum Gasteiger partial charge on any atom is -0.497 e. The number of nitrogens with one attached hydrogen (secondary N) is 4. The summed E-state index contributed by atoms with van der Waals surface area (Å²) in [5, 5.41) is 8.37. The van der Waals surface area contributed by atoms with Crippen molar-refractivity contribution in [2.75, 3.05) is 44.7 Å². The molecule has 0 radical (unpaired) electrons. The van der Waals surface area contributed by atoms with Gasteiger partial charge in [0.15, 0.2) is 0 Å². The maximum absolute atomic E-state index is 14.5. The number of imide groups is 1. The van der Waals surface area contributed by atoms with E-state index >= 15 is 0 Å². The molecule has 3 aromatic rings. The molecule has 0 bridgehead atoms. The number of carbonyl (C=O) groups excluding carboxylic acids is 5. The second-order valence-electron chi connectivity index (χ2n) is 12.5. The molecule has 1 unspecified atom stereocenters. The highest BCUT2D eigenvalue weighted by molar-refractivity contribution is 6.42. The van der Waals surface area contributed by atoms with Crippen molar-refractivity contribution < 1.29 is 33.1 Å². The Morgan fingerprint density at radius 3 is 2.40 bits per heavy atom. The zero-order valence-corrected chi connectivity index (χ0v) is 30.4. The summed E-state index contributed by atoms with van der Waals surface area (Å²) in [5.74, 6) is -2.56. The summed E-state index contributed by atoms with van der Waals surface area (Å²) in [5.41, 5.74) is 9.07. The number of methoxy groups -OCH3 is 1. The fourth-order valence-corrected chi connectivity index (χ4v) is 6.10. The number of nitrogens with two attached hydrogens (primary N) is 1. The lowest BCUT2D eigenvalue weighted by molar-refractivity contribution is -0.130. The number of rotatable bonds is 17. The van der Waals surface area contributed by atoms with E-state index in [4.69, 9.17) is 10.5 Å². The molecule has 0 aliphatic carbocycles. The average molecular weight is 718 g/mol.